The number of ether oxygens (including phenoxy) is 1. The Morgan fingerprint density at radius 1 is 1.12 bits per heavy atom. The molecule has 136 valence electrons. The third-order valence-electron chi connectivity index (χ3n) is 3.83. The molecule has 3 rings (SSSR count). The van der Waals surface area contributed by atoms with E-state index in [1.54, 1.807) is 6.07 Å². The maximum absolute atomic E-state index is 12.9. The van der Waals surface area contributed by atoms with E-state index in [2.05, 4.69) is 15.9 Å². The van der Waals surface area contributed by atoms with Gasteiger partial charge in [-0.05, 0) is 60.5 Å². The van der Waals surface area contributed by atoms with Crippen LogP contribution in [-0.2, 0) is 11.3 Å². The van der Waals surface area contributed by atoms with E-state index in [0.29, 0.717) is 22.3 Å². The maximum atomic E-state index is 12.9. The monoisotopic (exact) mass is 453 g/mol. The summed E-state index contributed by atoms with van der Waals surface area (Å²) in [6, 6.07) is 13.3. The number of rotatable bonds is 3. The molecule has 0 amide bonds. The Balaban J connectivity index is 2.14. The number of para-hydroxylation sites is 1. The molecule has 0 N–H and O–H groups in total. The first kappa shape index (κ1) is 19.3. The Morgan fingerprint density at radius 3 is 2.46 bits per heavy atom. The predicted molar refractivity (Wildman–Crippen MR) is 110 cm³/mol. The molecule has 26 heavy (non-hydrogen) atoms. The van der Waals surface area contributed by atoms with Crippen molar-refractivity contribution in [3.8, 4) is 0 Å². The van der Waals surface area contributed by atoms with E-state index in [4.69, 9.17) is 27.9 Å². The number of carbonyl (C=O) groups is 1. The Hall–Kier alpha value is -1.49. The summed E-state index contributed by atoms with van der Waals surface area (Å²) < 4.78 is 8.28. The molecule has 0 saturated heterocycles. The number of benzene rings is 2. The van der Waals surface area contributed by atoms with Gasteiger partial charge in [0.25, 0.3) is 0 Å². The molecule has 2 aromatic carbocycles. The summed E-state index contributed by atoms with van der Waals surface area (Å²) in [5.41, 5.74) is 1.78. The van der Waals surface area contributed by atoms with Crippen molar-refractivity contribution in [1.29, 1.82) is 0 Å². The first-order chi connectivity index (χ1) is 12.2. The van der Waals surface area contributed by atoms with Crippen molar-refractivity contribution in [1.82, 2.24) is 4.57 Å². The zero-order valence-electron chi connectivity index (χ0n) is 14.6. The minimum absolute atomic E-state index is 0.374. The van der Waals surface area contributed by atoms with Crippen LogP contribution in [0, 0.1) is 0 Å². The molecule has 3 aromatic rings. The highest BCUT2D eigenvalue weighted by Gasteiger charge is 2.26. The van der Waals surface area contributed by atoms with Crippen molar-refractivity contribution < 1.29 is 9.53 Å². The molecule has 0 bridgehead atoms. The Bertz CT molecular complexity index is 989. The van der Waals surface area contributed by atoms with Crippen LogP contribution < -0.4 is 0 Å². The van der Waals surface area contributed by atoms with E-state index in [0.717, 1.165) is 20.9 Å². The van der Waals surface area contributed by atoms with Crippen LogP contribution in [0.1, 0.15) is 36.8 Å². The number of hydrogen-bond acceptors (Lipinski definition) is 2. The lowest BCUT2D eigenvalue weighted by molar-refractivity contribution is 0.00576. The van der Waals surface area contributed by atoms with Gasteiger partial charge >= 0.3 is 5.97 Å². The van der Waals surface area contributed by atoms with Crippen LogP contribution in [-0.4, -0.2) is 16.1 Å². The van der Waals surface area contributed by atoms with Gasteiger partial charge in [0.15, 0.2) is 0 Å². The Labute approximate surface area is 171 Å². The van der Waals surface area contributed by atoms with Gasteiger partial charge in [-0.1, -0.05) is 47.5 Å². The topological polar surface area (TPSA) is 31.2 Å². The first-order valence-corrected chi connectivity index (χ1v) is 9.66. The van der Waals surface area contributed by atoms with Crippen LogP contribution in [0.2, 0.25) is 10.0 Å². The van der Waals surface area contributed by atoms with E-state index >= 15 is 0 Å². The number of hydrogen-bond donors (Lipinski definition) is 0. The summed E-state index contributed by atoms with van der Waals surface area (Å²) in [5, 5.41) is 1.94. The fourth-order valence-electron chi connectivity index (χ4n) is 2.77. The van der Waals surface area contributed by atoms with E-state index in [1.807, 2.05) is 61.7 Å². The highest BCUT2D eigenvalue weighted by Crippen LogP contribution is 2.33. The number of halogens is 3. The Kier molecular flexibility index (Phi) is 5.38. The number of aromatic nitrogens is 1. The minimum Gasteiger partial charge on any atom is -0.455 e. The van der Waals surface area contributed by atoms with Gasteiger partial charge in [0, 0.05) is 11.9 Å². The van der Waals surface area contributed by atoms with Crippen molar-refractivity contribution >= 4 is 56.0 Å². The van der Waals surface area contributed by atoms with Crippen LogP contribution in [0.15, 0.2) is 46.9 Å². The number of nitrogens with zero attached hydrogens (tertiary/aromatic N) is 1. The zero-order chi connectivity index (χ0) is 19.1. The summed E-state index contributed by atoms with van der Waals surface area (Å²) in [6.07, 6.45) is 0. The second-order valence-electron chi connectivity index (χ2n) is 7.02. The third-order valence-corrected chi connectivity index (χ3v) is 5.37. The SMILES string of the molecule is CC(C)(C)OC(=O)c1c(Br)c2ccccc2n1Cc1ccc(Cl)c(Cl)c1. The molecule has 0 radical (unpaired) electrons. The summed E-state index contributed by atoms with van der Waals surface area (Å²) in [7, 11) is 0. The molecular formula is C20H18BrCl2NO2. The molecule has 0 fully saturated rings. The van der Waals surface area contributed by atoms with Gasteiger partial charge in [-0.25, -0.2) is 4.79 Å². The molecule has 6 heteroatoms. The third kappa shape index (κ3) is 3.93. The number of esters is 1. The molecule has 0 atom stereocenters. The van der Waals surface area contributed by atoms with Crippen LogP contribution in [0.4, 0.5) is 0 Å². The highest BCUT2D eigenvalue weighted by molar-refractivity contribution is 9.10. The van der Waals surface area contributed by atoms with Crippen molar-refractivity contribution in [2.45, 2.75) is 32.9 Å². The molecular weight excluding hydrogens is 437 g/mol. The standard InChI is InChI=1S/C20H18BrCl2NO2/c1-20(2,3)26-19(25)18-17(21)13-6-4-5-7-16(13)24(18)11-12-8-9-14(22)15(23)10-12/h4-10H,11H2,1-3H3. The van der Waals surface area contributed by atoms with Gasteiger partial charge in [-0.3, -0.25) is 0 Å². The number of fused-ring (bicyclic) bond motifs is 1. The summed E-state index contributed by atoms with van der Waals surface area (Å²) in [4.78, 5) is 12.9. The second-order valence-corrected chi connectivity index (χ2v) is 8.62. The minimum atomic E-state index is -0.582. The van der Waals surface area contributed by atoms with Gasteiger partial charge in [-0.2, -0.15) is 0 Å². The van der Waals surface area contributed by atoms with E-state index in [-0.39, 0.29) is 5.97 Å². The molecule has 1 aromatic heterocycles. The van der Waals surface area contributed by atoms with Crippen molar-refractivity contribution in [2.75, 3.05) is 0 Å². The summed E-state index contributed by atoms with van der Waals surface area (Å²) in [5.74, 6) is -0.374. The highest BCUT2D eigenvalue weighted by atomic mass is 79.9. The van der Waals surface area contributed by atoms with E-state index in [9.17, 15) is 4.79 Å². The lowest BCUT2D eigenvalue weighted by Gasteiger charge is -2.20. The summed E-state index contributed by atoms with van der Waals surface area (Å²) in [6.45, 7) is 6.03. The quantitative estimate of drug-likeness (QED) is 0.411. The summed E-state index contributed by atoms with van der Waals surface area (Å²) >= 11 is 15.7. The van der Waals surface area contributed by atoms with Gasteiger partial charge < -0.3 is 9.30 Å². The molecule has 0 aliphatic carbocycles. The van der Waals surface area contributed by atoms with Gasteiger partial charge in [-0.15, -0.1) is 0 Å². The zero-order valence-corrected chi connectivity index (χ0v) is 17.7. The van der Waals surface area contributed by atoms with Gasteiger partial charge in [0.2, 0.25) is 0 Å². The normalized spacial score (nSPS) is 11.8. The van der Waals surface area contributed by atoms with Crippen molar-refractivity contribution in [2.24, 2.45) is 0 Å². The Morgan fingerprint density at radius 2 is 1.81 bits per heavy atom. The van der Waals surface area contributed by atoms with Gasteiger partial charge in [0.1, 0.15) is 11.3 Å². The first-order valence-electron chi connectivity index (χ1n) is 8.11. The predicted octanol–water partition coefficient (Wildman–Crippen LogP) is 6.71. The fraction of sp³-hybridized carbons (Fsp3) is 0.250. The van der Waals surface area contributed by atoms with Crippen LogP contribution in [0.3, 0.4) is 0 Å². The average Bonchev–Trinajstić information content (AvgIpc) is 2.82. The van der Waals surface area contributed by atoms with Crippen LogP contribution in [0.5, 0.6) is 0 Å². The number of carbonyl (C=O) groups excluding carboxylic acids is 1. The fourth-order valence-corrected chi connectivity index (χ4v) is 3.80. The van der Waals surface area contributed by atoms with Crippen LogP contribution in [0.25, 0.3) is 10.9 Å². The maximum Gasteiger partial charge on any atom is 0.356 e. The van der Waals surface area contributed by atoms with Crippen LogP contribution >= 0.6 is 39.1 Å². The molecule has 0 saturated carbocycles. The smallest absolute Gasteiger partial charge is 0.356 e. The van der Waals surface area contributed by atoms with Crippen molar-refractivity contribution in [3.05, 3.63) is 68.2 Å². The molecule has 0 unspecified atom stereocenters. The van der Waals surface area contributed by atoms with E-state index in [1.165, 1.54) is 0 Å². The lowest BCUT2D eigenvalue weighted by atomic mass is 10.2. The molecule has 0 aliphatic heterocycles. The van der Waals surface area contributed by atoms with Crippen molar-refractivity contribution in [3.63, 3.8) is 0 Å². The average molecular weight is 455 g/mol. The molecule has 0 spiro atoms. The lowest BCUT2D eigenvalue weighted by Crippen LogP contribution is -2.25. The second kappa shape index (κ2) is 7.26. The molecule has 1 heterocycles. The molecule has 0 aliphatic rings. The molecule has 3 nitrogen and oxygen atoms in total. The van der Waals surface area contributed by atoms with Gasteiger partial charge in [0.05, 0.1) is 20.0 Å². The van der Waals surface area contributed by atoms with E-state index < -0.39 is 5.60 Å². The largest absolute Gasteiger partial charge is 0.455 e.